The number of carbonyl (C=O) groups is 2. The zero-order valence-electron chi connectivity index (χ0n) is 19.7. The molecule has 0 atom stereocenters. The lowest BCUT2D eigenvalue weighted by Gasteiger charge is -2.32. The Balaban J connectivity index is 1.46. The molecule has 0 unspecified atom stereocenters. The highest BCUT2D eigenvalue weighted by Gasteiger charge is 2.32. The summed E-state index contributed by atoms with van der Waals surface area (Å²) in [6.07, 6.45) is 5.55. The SMILES string of the molecule is CN(C1CCCCC1)S(=O)(=O)c1ccc2c(c1)N(CC(=O)NCCc1ccc(Cl)cc1)C(=O)CS2. The van der Waals surface area contributed by atoms with Crippen molar-refractivity contribution in [3.8, 4) is 0 Å². The van der Waals surface area contributed by atoms with Crippen LogP contribution in [0.2, 0.25) is 5.02 Å². The standard InChI is InChI=1S/C25H30ClN3O4S2/c1-28(20-5-3-2-4-6-20)35(32,33)21-11-12-23-22(15-21)29(25(31)17-34-23)16-24(30)27-14-13-18-7-9-19(26)10-8-18/h7-12,15,20H,2-6,13-14,16-17H2,1H3,(H,27,30). The molecule has 0 bridgehead atoms. The zero-order chi connectivity index (χ0) is 25.0. The highest BCUT2D eigenvalue weighted by atomic mass is 35.5. The van der Waals surface area contributed by atoms with Gasteiger partial charge >= 0.3 is 0 Å². The average molecular weight is 536 g/mol. The third-order valence-electron chi connectivity index (χ3n) is 6.59. The van der Waals surface area contributed by atoms with Gasteiger partial charge in [0.1, 0.15) is 6.54 Å². The fraction of sp³-hybridized carbons (Fsp3) is 0.440. The molecule has 1 fully saturated rings. The number of sulfonamides is 1. The lowest BCUT2D eigenvalue weighted by molar-refractivity contribution is -0.122. The number of amides is 2. The molecule has 0 saturated heterocycles. The largest absolute Gasteiger partial charge is 0.354 e. The van der Waals surface area contributed by atoms with Crippen molar-refractivity contribution in [3.05, 3.63) is 53.1 Å². The maximum atomic E-state index is 13.4. The van der Waals surface area contributed by atoms with Crippen LogP contribution in [0, 0.1) is 0 Å². The van der Waals surface area contributed by atoms with Crippen molar-refractivity contribution in [1.82, 2.24) is 9.62 Å². The second kappa shape index (κ2) is 11.3. The summed E-state index contributed by atoms with van der Waals surface area (Å²) in [5, 5.41) is 3.51. The molecule has 2 aliphatic rings. The van der Waals surface area contributed by atoms with Crippen LogP contribution < -0.4 is 10.2 Å². The Labute approximate surface area is 216 Å². The molecule has 0 aromatic heterocycles. The van der Waals surface area contributed by atoms with Crippen LogP contribution in [0.25, 0.3) is 0 Å². The maximum Gasteiger partial charge on any atom is 0.243 e. The first-order valence-corrected chi connectivity index (χ1v) is 14.6. The van der Waals surface area contributed by atoms with Crippen molar-refractivity contribution in [2.24, 2.45) is 0 Å². The first kappa shape index (κ1) is 26.0. The van der Waals surface area contributed by atoms with Gasteiger partial charge in [0.25, 0.3) is 0 Å². The molecule has 1 aliphatic carbocycles. The summed E-state index contributed by atoms with van der Waals surface area (Å²) in [5.74, 6) is -0.303. The van der Waals surface area contributed by atoms with Gasteiger partial charge in [-0.1, -0.05) is 43.0 Å². The average Bonchev–Trinajstić information content (AvgIpc) is 2.86. The van der Waals surface area contributed by atoms with E-state index in [0.717, 1.165) is 42.6 Å². The quantitative estimate of drug-likeness (QED) is 0.550. The monoisotopic (exact) mass is 535 g/mol. The van der Waals surface area contributed by atoms with Gasteiger partial charge in [0.05, 0.1) is 16.3 Å². The summed E-state index contributed by atoms with van der Waals surface area (Å²) in [5.41, 5.74) is 1.51. The second-order valence-electron chi connectivity index (χ2n) is 8.94. The van der Waals surface area contributed by atoms with Crippen LogP contribution in [-0.2, 0) is 26.0 Å². The number of thioether (sulfide) groups is 1. The molecule has 1 aliphatic heterocycles. The smallest absolute Gasteiger partial charge is 0.243 e. The third kappa shape index (κ3) is 6.20. The number of nitrogens with zero attached hydrogens (tertiary/aromatic N) is 2. The van der Waals surface area contributed by atoms with E-state index in [1.54, 1.807) is 31.3 Å². The number of anilines is 1. The molecule has 10 heteroatoms. The van der Waals surface area contributed by atoms with Gasteiger partial charge in [0, 0.05) is 29.6 Å². The van der Waals surface area contributed by atoms with Gasteiger partial charge in [-0.3, -0.25) is 9.59 Å². The van der Waals surface area contributed by atoms with Crippen molar-refractivity contribution in [2.75, 3.05) is 30.8 Å². The molecule has 2 aromatic carbocycles. The van der Waals surface area contributed by atoms with Crippen LogP contribution in [0.1, 0.15) is 37.7 Å². The van der Waals surface area contributed by atoms with Crippen LogP contribution in [0.15, 0.2) is 52.3 Å². The van der Waals surface area contributed by atoms with Crippen LogP contribution in [-0.4, -0.2) is 56.5 Å². The van der Waals surface area contributed by atoms with E-state index in [9.17, 15) is 18.0 Å². The van der Waals surface area contributed by atoms with E-state index in [1.807, 2.05) is 12.1 Å². The van der Waals surface area contributed by atoms with E-state index in [4.69, 9.17) is 11.6 Å². The Hall–Kier alpha value is -2.07. The van der Waals surface area contributed by atoms with E-state index in [-0.39, 0.29) is 35.0 Å². The molecule has 2 aromatic rings. The first-order chi connectivity index (χ1) is 16.8. The number of fused-ring (bicyclic) bond motifs is 1. The summed E-state index contributed by atoms with van der Waals surface area (Å²) >= 11 is 7.26. The Morgan fingerprint density at radius 2 is 1.86 bits per heavy atom. The molecule has 1 N–H and O–H groups in total. The van der Waals surface area contributed by atoms with Gasteiger partial charge in [-0.25, -0.2) is 8.42 Å². The van der Waals surface area contributed by atoms with Gasteiger partial charge in [-0.2, -0.15) is 4.31 Å². The predicted octanol–water partition coefficient (Wildman–Crippen LogP) is 4.09. The highest BCUT2D eigenvalue weighted by molar-refractivity contribution is 8.00. The summed E-state index contributed by atoms with van der Waals surface area (Å²) < 4.78 is 28.2. The molecule has 35 heavy (non-hydrogen) atoms. The summed E-state index contributed by atoms with van der Waals surface area (Å²) in [4.78, 5) is 27.7. The van der Waals surface area contributed by atoms with E-state index < -0.39 is 10.0 Å². The third-order valence-corrected chi connectivity index (χ3v) is 9.80. The second-order valence-corrected chi connectivity index (χ2v) is 12.4. The molecule has 7 nitrogen and oxygen atoms in total. The molecule has 0 spiro atoms. The number of hydrogen-bond donors (Lipinski definition) is 1. The van der Waals surface area contributed by atoms with Crippen molar-refractivity contribution in [3.63, 3.8) is 0 Å². The molecular formula is C25H30ClN3O4S2. The maximum absolute atomic E-state index is 13.4. The Bertz CT molecular complexity index is 1180. The van der Waals surface area contributed by atoms with E-state index in [2.05, 4.69) is 5.32 Å². The van der Waals surface area contributed by atoms with Crippen molar-refractivity contribution in [2.45, 2.75) is 54.4 Å². The number of nitrogens with one attached hydrogen (secondary N) is 1. The minimum absolute atomic E-state index is 0.0108. The van der Waals surface area contributed by atoms with Crippen LogP contribution in [0.4, 0.5) is 5.69 Å². The molecular weight excluding hydrogens is 506 g/mol. The molecule has 1 heterocycles. The Kier molecular flexibility index (Phi) is 8.42. The fourth-order valence-electron chi connectivity index (χ4n) is 4.52. The first-order valence-electron chi connectivity index (χ1n) is 11.8. The van der Waals surface area contributed by atoms with Gasteiger partial charge in [0.2, 0.25) is 21.8 Å². The minimum Gasteiger partial charge on any atom is -0.354 e. The number of benzene rings is 2. The number of hydrogen-bond acceptors (Lipinski definition) is 5. The van der Waals surface area contributed by atoms with Gasteiger partial charge < -0.3 is 10.2 Å². The normalized spacial score (nSPS) is 16.9. The molecule has 1 saturated carbocycles. The van der Waals surface area contributed by atoms with Crippen molar-refractivity contribution in [1.29, 1.82) is 0 Å². The fourth-order valence-corrected chi connectivity index (χ4v) is 7.00. The lowest BCUT2D eigenvalue weighted by atomic mass is 9.96. The van der Waals surface area contributed by atoms with E-state index in [1.165, 1.54) is 27.0 Å². The van der Waals surface area contributed by atoms with Crippen molar-refractivity contribution < 1.29 is 18.0 Å². The van der Waals surface area contributed by atoms with Crippen LogP contribution >= 0.6 is 23.4 Å². The van der Waals surface area contributed by atoms with Gasteiger partial charge in [-0.15, -0.1) is 11.8 Å². The number of rotatable bonds is 8. The van der Waals surface area contributed by atoms with Crippen LogP contribution in [0.3, 0.4) is 0 Å². The minimum atomic E-state index is -3.71. The van der Waals surface area contributed by atoms with Gasteiger partial charge in [0.15, 0.2) is 0 Å². The zero-order valence-corrected chi connectivity index (χ0v) is 22.1. The molecule has 2 amide bonds. The summed E-state index contributed by atoms with van der Waals surface area (Å²) in [7, 11) is -2.08. The number of halogens is 1. The van der Waals surface area contributed by atoms with Crippen LogP contribution in [0.5, 0.6) is 0 Å². The topological polar surface area (TPSA) is 86.8 Å². The van der Waals surface area contributed by atoms with E-state index >= 15 is 0 Å². The lowest BCUT2D eigenvalue weighted by Crippen LogP contribution is -2.44. The van der Waals surface area contributed by atoms with Gasteiger partial charge in [-0.05, 0) is 55.2 Å². The summed E-state index contributed by atoms with van der Waals surface area (Å²) in [6.45, 7) is 0.264. The van der Waals surface area contributed by atoms with E-state index in [0.29, 0.717) is 23.7 Å². The predicted molar refractivity (Wildman–Crippen MR) is 140 cm³/mol. The Morgan fingerprint density at radius 3 is 2.57 bits per heavy atom. The molecule has 188 valence electrons. The molecule has 0 radical (unpaired) electrons. The Morgan fingerprint density at radius 1 is 1.14 bits per heavy atom. The molecule has 4 rings (SSSR count). The van der Waals surface area contributed by atoms with Crippen molar-refractivity contribution >= 4 is 50.9 Å². The number of carbonyl (C=O) groups excluding carboxylic acids is 2. The summed E-state index contributed by atoms with van der Waals surface area (Å²) in [6, 6.07) is 12.3. The highest BCUT2D eigenvalue weighted by Crippen LogP contribution is 2.38.